The summed E-state index contributed by atoms with van der Waals surface area (Å²) in [6.45, 7) is 8.12. The molecule has 2 N–H and O–H groups in total. The Balaban J connectivity index is 0.00000154. The maximum atomic E-state index is 11.6. The van der Waals surface area contributed by atoms with Gasteiger partial charge < -0.3 is 15.2 Å². The Morgan fingerprint density at radius 3 is 2.37 bits per heavy atom. The monoisotopic (exact) mass is 289 g/mol. The molecule has 19 heavy (non-hydrogen) atoms. The van der Waals surface area contributed by atoms with Crippen LogP contribution >= 0.6 is 11.8 Å². The van der Waals surface area contributed by atoms with Crippen molar-refractivity contribution in [2.45, 2.75) is 34.1 Å². The second-order valence-corrected chi connectivity index (χ2v) is 4.59. The van der Waals surface area contributed by atoms with Gasteiger partial charge in [-0.1, -0.05) is 13.8 Å². The molecule has 0 radical (unpaired) electrons. The first kappa shape index (κ1) is 17.8. The largest absolute Gasteiger partial charge is 0.466 e. The summed E-state index contributed by atoms with van der Waals surface area (Å²) < 4.78 is 9.83. The summed E-state index contributed by atoms with van der Waals surface area (Å²) in [4.78, 5) is 23.2. The van der Waals surface area contributed by atoms with Crippen molar-refractivity contribution in [3.63, 3.8) is 0 Å². The molecule has 1 aliphatic heterocycles. The fourth-order valence-corrected chi connectivity index (χ4v) is 2.47. The van der Waals surface area contributed by atoms with Crippen molar-refractivity contribution in [2.24, 2.45) is 11.7 Å². The van der Waals surface area contributed by atoms with Crippen molar-refractivity contribution in [3.8, 4) is 0 Å². The number of esters is 2. The van der Waals surface area contributed by atoms with Gasteiger partial charge in [0.1, 0.15) is 0 Å². The molecule has 5 nitrogen and oxygen atoms in total. The standard InChI is InChI=1S/C11H17NO4S.C2H6/c1-3-15-10(13)7-5-8(9(12)17-6-7)11(14)16-4-2;1-2/h7H,3-6,12H2,1-2H3;1-2H3. The Morgan fingerprint density at radius 1 is 1.26 bits per heavy atom. The summed E-state index contributed by atoms with van der Waals surface area (Å²) in [5, 5.41) is 0.448. The lowest BCUT2D eigenvalue weighted by Crippen LogP contribution is -2.28. The van der Waals surface area contributed by atoms with Crippen LogP contribution in [0.3, 0.4) is 0 Å². The van der Waals surface area contributed by atoms with Gasteiger partial charge in [-0.3, -0.25) is 4.79 Å². The topological polar surface area (TPSA) is 78.6 Å². The number of nitrogens with two attached hydrogens (primary N) is 1. The van der Waals surface area contributed by atoms with Crippen LogP contribution < -0.4 is 5.73 Å². The van der Waals surface area contributed by atoms with E-state index in [4.69, 9.17) is 15.2 Å². The molecule has 1 aliphatic rings. The number of carbonyl (C=O) groups is 2. The maximum Gasteiger partial charge on any atom is 0.336 e. The average Bonchev–Trinajstić information content (AvgIpc) is 2.42. The lowest BCUT2D eigenvalue weighted by molar-refractivity contribution is -0.147. The highest BCUT2D eigenvalue weighted by atomic mass is 32.2. The normalized spacial score (nSPS) is 18.2. The van der Waals surface area contributed by atoms with Crippen LogP contribution in [0.25, 0.3) is 0 Å². The third-order valence-corrected chi connectivity index (χ3v) is 3.46. The van der Waals surface area contributed by atoms with Crippen molar-refractivity contribution in [2.75, 3.05) is 19.0 Å². The predicted molar refractivity (Wildman–Crippen MR) is 76.4 cm³/mol. The Labute approximate surface area is 118 Å². The third-order valence-electron chi connectivity index (χ3n) is 2.33. The molecule has 0 amide bonds. The van der Waals surface area contributed by atoms with E-state index in [0.29, 0.717) is 36.0 Å². The molecule has 1 heterocycles. The van der Waals surface area contributed by atoms with Crippen LogP contribution in [0.2, 0.25) is 0 Å². The van der Waals surface area contributed by atoms with Crippen molar-refractivity contribution in [1.29, 1.82) is 0 Å². The van der Waals surface area contributed by atoms with Crippen molar-refractivity contribution < 1.29 is 19.1 Å². The highest BCUT2D eigenvalue weighted by molar-refractivity contribution is 8.03. The van der Waals surface area contributed by atoms with Crippen molar-refractivity contribution >= 4 is 23.7 Å². The molecule has 0 aromatic heterocycles. The number of rotatable bonds is 4. The number of ether oxygens (including phenoxy) is 2. The Kier molecular flexibility index (Phi) is 9.12. The number of hydrogen-bond donors (Lipinski definition) is 1. The second kappa shape index (κ2) is 9.72. The van der Waals surface area contributed by atoms with E-state index in [2.05, 4.69) is 0 Å². The minimum absolute atomic E-state index is 0.283. The third kappa shape index (κ3) is 5.55. The van der Waals surface area contributed by atoms with Gasteiger partial charge in [0.2, 0.25) is 0 Å². The first-order chi connectivity index (χ1) is 9.10. The predicted octanol–water partition coefficient (Wildman–Crippen LogP) is 2.06. The van der Waals surface area contributed by atoms with Crippen LogP contribution in [0, 0.1) is 5.92 Å². The first-order valence-corrected chi connectivity index (χ1v) is 7.53. The molecule has 0 bridgehead atoms. The molecule has 0 saturated heterocycles. The maximum absolute atomic E-state index is 11.6. The lowest BCUT2D eigenvalue weighted by Gasteiger charge is -2.22. The minimum Gasteiger partial charge on any atom is -0.466 e. The lowest BCUT2D eigenvalue weighted by atomic mass is 10.0. The molecule has 1 unspecified atom stereocenters. The molecule has 6 heteroatoms. The van der Waals surface area contributed by atoms with E-state index in [9.17, 15) is 9.59 Å². The van der Waals surface area contributed by atoms with Gasteiger partial charge in [-0.25, -0.2) is 4.79 Å². The highest BCUT2D eigenvalue weighted by Gasteiger charge is 2.30. The second-order valence-electron chi connectivity index (χ2n) is 3.53. The van der Waals surface area contributed by atoms with E-state index < -0.39 is 5.97 Å². The Morgan fingerprint density at radius 2 is 1.84 bits per heavy atom. The summed E-state index contributed by atoms with van der Waals surface area (Å²) in [5.41, 5.74) is 6.13. The quantitative estimate of drug-likeness (QED) is 0.798. The molecule has 0 aromatic carbocycles. The summed E-state index contributed by atoms with van der Waals surface area (Å²) in [6.07, 6.45) is 0.302. The molecule has 0 aromatic rings. The van der Waals surface area contributed by atoms with Crippen LogP contribution in [0.5, 0.6) is 0 Å². The summed E-state index contributed by atoms with van der Waals surface area (Å²) in [7, 11) is 0. The zero-order chi connectivity index (χ0) is 14.8. The minimum atomic E-state index is -0.438. The van der Waals surface area contributed by atoms with Gasteiger partial charge >= 0.3 is 11.9 Å². The van der Waals surface area contributed by atoms with Crippen LogP contribution in [-0.2, 0) is 19.1 Å². The average molecular weight is 289 g/mol. The Bertz CT molecular complexity index is 342. The van der Waals surface area contributed by atoms with E-state index in [1.165, 1.54) is 11.8 Å². The van der Waals surface area contributed by atoms with E-state index >= 15 is 0 Å². The van der Waals surface area contributed by atoms with E-state index in [-0.39, 0.29) is 11.9 Å². The van der Waals surface area contributed by atoms with E-state index in [1.54, 1.807) is 13.8 Å². The van der Waals surface area contributed by atoms with Crippen LogP contribution in [0.4, 0.5) is 0 Å². The van der Waals surface area contributed by atoms with Gasteiger partial charge in [0.15, 0.2) is 0 Å². The van der Waals surface area contributed by atoms with Crippen molar-refractivity contribution in [3.05, 3.63) is 10.6 Å². The van der Waals surface area contributed by atoms with Crippen LogP contribution in [-0.4, -0.2) is 30.9 Å². The molecule has 0 fully saturated rings. The summed E-state index contributed by atoms with van der Waals surface area (Å²) >= 11 is 1.30. The fourth-order valence-electron chi connectivity index (χ4n) is 1.50. The fraction of sp³-hybridized carbons (Fsp3) is 0.692. The molecule has 0 aliphatic carbocycles. The molecular weight excluding hydrogens is 266 g/mol. The summed E-state index contributed by atoms with van der Waals surface area (Å²) in [5.74, 6) is -0.486. The zero-order valence-electron chi connectivity index (χ0n) is 12.0. The van der Waals surface area contributed by atoms with Gasteiger partial charge in [-0.15, -0.1) is 11.8 Å². The summed E-state index contributed by atoms with van der Waals surface area (Å²) in [6, 6.07) is 0. The number of hydrogen-bond acceptors (Lipinski definition) is 6. The van der Waals surface area contributed by atoms with Gasteiger partial charge in [0, 0.05) is 5.75 Å². The number of carbonyl (C=O) groups excluding carboxylic acids is 2. The highest BCUT2D eigenvalue weighted by Crippen LogP contribution is 2.31. The molecule has 0 saturated carbocycles. The molecule has 110 valence electrons. The SMILES string of the molecule is CC.CCOC(=O)C1=C(N)SCC(C(=O)OCC)C1. The van der Waals surface area contributed by atoms with Gasteiger partial charge in [-0.2, -0.15) is 0 Å². The van der Waals surface area contributed by atoms with E-state index in [1.807, 2.05) is 13.8 Å². The smallest absolute Gasteiger partial charge is 0.336 e. The molecular formula is C13H23NO4S. The van der Waals surface area contributed by atoms with Crippen LogP contribution in [0.15, 0.2) is 10.6 Å². The molecule has 0 spiro atoms. The van der Waals surface area contributed by atoms with Gasteiger partial charge in [0.05, 0.1) is 29.7 Å². The van der Waals surface area contributed by atoms with E-state index in [0.717, 1.165) is 0 Å². The Hall–Kier alpha value is -1.17. The van der Waals surface area contributed by atoms with Gasteiger partial charge in [0.25, 0.3) is 0 Å². The molecule has 1 atom stereocenters. The molecule has 1 rings (SSSR count). The van der Waals surface area contributed by atoms with Crippen molar-refractivity contribution in [1.82, 2.24) is 0 Å². The zero-order valence-corrected chi connectivity index (χ0v) is 12.8. The first-order valence-electron chi connectivity index (χ1n) is 6.55. The van der Waals surface area contributed by atoms with Crippen LogP contribution in [0.1, 0.15) is 34.1 Å². The number of thioether (sulfide) groups is 1. The van der Waals surface area contributed by atoms with Gasteiger partial charge in [-0.05, 0) is 20.3 Å².